The van der Waals surface area contributed by atoms with Crippen molar-refractivity contribution < 1.29 is 23.9 Å². The van der Waals surface area contributed by atoms with Gasteiger partial charge in [0.15, 0.2) is 18.1 Å². The first-order valence-electron chi connectivity index (χ1n) is 9.07. The Morgan fingerprint density at radius 3 is 2.28 bits per heavy atom. The van der Waals surface area contributed by atoms with E-state index in [1.54, 1.807) is 30.3 Å². The Morgan fingerprint density at radius 1 is 1.00 bits per heavy atom. The average molecular weight is 399 g/mol. The van der Waals surface area contributed by atoms with Gasteiger partial charge in [0, 0.05) is 11.6 Å². The van der Waals surface area contributed by atoms with Crippen LogP contribution in [0.2, 0.25) is 0 Å². The van der Waals surface area contributed by atoms with E-state index in [2.05, 4.69) is 10.6 Å². The normalized spacial score (nSPS) is 11.4. The molecule has 0 saturated heterocycles. The predicted molar refractivity (Wildman–Crippen MR) is 108 cm³/mol. The minimum absolute atomic E-state index is 0.00174. The zero-order valence-electron chi connectivity index (χ0n) is 16.6. The summed E-state index contributed by atoms with van der Waals surface area (Å²) in [6.45, 7) is 3.51. The van der Waals surface area contributed by atoms with Gasteiger partial charge >= 0.3 is 0 Å². The summed E-state index contributed by atoms with van der Waals surface area (Å²) in [5.41, 5.74) is 6.27. The molecule has 0 fully saturated rings. The molecule has 29 heavy (non-hydrogen) atoms. The zero-order valence-corrected chi connectivity index (χ0v) is 16.6. The number of methoxy groups -OCH3 is 1. The first kappa shape index (κ1) is 21.7. The summed E-state index contributed by atoms with van der Waals surface area (Å²) in [4.78, 5) is 36.2. The molecule has 8 nitrogen and oxygen atoms in total. The Hall–Kier alpha value is -3.55. The van der Waals surface area contributed by atoms with Gasteiger partial charge in [-0.3, -0.25) is 14.4 Å². The van der Waals surface area contributed by atoms with Gasteiger partial charge in [-0.2, -0.15) is 0 Å². The van der Waals surface area contributed by atoms with Crippen LogP contribution in [0.25, 0.3) is 0 Å². The molecule has 0 saturated carbocycles. The molecule has 0 heterocycles. The molecular weight excluding hydrogens is 374 g/mol. The molecule has 154 valence electrons. The lowest BCUT2D eigenvalue weighted by molar-refractivity contribution is -0.123. The number of nitrogens with one attached hydrogen (secondary N) is 2. The molecule has 0 aliphatic rings. The fourth-order valence-corrected chi connectivity index (χ4v) is 2.61. The minimum atomic E-state index is -0.967. The third-order valence-corrected chi connectivity index (χ3v) is 3.93. The maximum atomic E-state index is 12.6. The monoisotopic (exact) mass is 399 g/mol. The molecule has 2 aromatic rings. The standard InChI is InChI=1S/C21H25N3O5/c1-13(2)23-18(25)12-29-16-10-9-15(11-17(16)28-3)21(27)24-19(20(22)26)14-7-5-4-6-8-14/h4-11,13,19H,12H2,1-3H3,(H2,22,26)(H,23,25)(H,24,27). The summed E-state index contributed by atoms with van der Waals surface area (Å²) in [6, 6.07) is 12.2. The molecule has 2 rings (SSSR count). The second-order valence-corrected chi connectivity index (χ2v) is 6.60. The summed E-state index contributed by atoms with van der Waals surface area (Å²) in [5, 5.41) is 5.33. The molecule has 0 radical (unpaired) electrons. The minimum Gasteiger partial charge on any atom is -0.493 e. The number of primary amides is 1. The Bertz CT molecular complexity index is 868. The van der Waals surface area contributed by atoms with Crippen molar-refractivity contribution in [1.29, 1.82) is 0 Å². The second kappa shape index (κ2) is 10.1. The van der Waals surface area contributed by atoms with E-state index in [4.69, 9.17) is 15.2 Å². The van der Waals surface area contributed by atoms with Gasteiger partial charge in [-0.05, 0) is 37.6 Å². The topological polar surface area (TPSA) is 120 Å². The van der Waals surface area contributed by atoms with Crippen LogP contribution in [0.1, 0.15) is 35.8 Å². The molecule has 0 aliphatic heterocycles. The summed E-state index contributed by atoms with van der Waals surface area (Å²) >= 11 is 0. The highest BCUT2D eigenvalue weighted by Gasteiger charge is 2.21. The molecule has 2 aromatic carbocycles. The average Bonchev–Trinajstić information content (AvgIpc) is 2.70. The summed E-state index contributed by atoms with van der Waals surface area (Å²) < 4.78 is 10.7. The quantitative estimate of drug-likeness (QED) is 0.591. The Balaban J connectivity index is 2.12. The van der Waals surface area contributed by atoms with Crippen molar-refractivity contribution in [3.63, 3.8) is 0 Å². The molecule has 1 unspecified atom stereocenters. The van der Waals surface area contributed by atoms with Gasteiger partial charge in [0.1, 0.15) is 6.04 Å². The number of ether oxygens (including phenoxy) is 2. The third kappa shape index (κ3) is 6.24. The van der Waals surface area contributed by atoms with Crippen molar-refractivity contribution in [3.8, 4) is 11.5 Å². The molecule has 3 amide bonds. The zero-order chi connectivity index (χ0) is 21.4. The Morgan fingerprint density at radius 2 is 1.69 bits per heavy atom. The lowest BCUT2D eigenvalue weighted by Gasteiger charge is -2.17. The van der Waals surface area contributed by atoms with E-state index in [9.17, 15) is 14.4 Å². The van der Waals surface area contributed by atoms with Gasteiger partial charge in [-0.25, -0.2) is 0 Å². The van der Waals surface area contributed by atoms with E-state index >= 15 is 0 Å². The molecule has 0 bridgehead atoms. The fraction of sp³-hybridized carbons (Fsp3) is 0.286. The second-order valence-electron chi connectivity index (χ2n) is 6.60. The van der Waals surface area contributed by atoms with E-state index in [0.29, 0.717) is 11.3 Å². The van der Waals surface area contributed by atoms with Crippen LogP contribution in [0.5, 0.6) is 11.5 Å². The maximum Gasteiger partial charge on any atom is 0.258 e. The van der Waals surface area contributed by atoms with Gasteiger partial charge in [0.05, 0.1) is 7.11 Å². The first-order chi connectivity index (χ1) is 13.8. The molecule has 0 aliphatic carbocycles. The molecule has 0 spiro atoms. The highest BCUT2D eigenvalue weighted by Crippen LogP contribution is 2.28. The first-order valence-corrected chi connectivity index (χ1v) is 9.07. The molecular formula is C21H25N3O5. The molecule has 8 heteroatoms. The van der Waals surface area contributed by atoms with Gasteiger partial charge in [0.2, 0.25) is 5.91 Å². The van der Waals surface area contributed by atoms with E-state index in [1.165, 1.54) is 25.3 Å². The maximum absolute atomic E-state index is 12.6. The van der Waals surface area contributed by atoms with Crippen LogP contribution in [-0.4, -0.2) is 37.5 Å². The van der Waals surface area contributed by atoms with Gasteiger partial charge in [0.25, 0.3) is 11.8 Å². The van der Waals surface area contributed by atoms with Crippen molar-refractivity contribution in [2.45, 2.75) is 25.9 Å². The summed E-state index contributed by atoms with van der Waals surface area (Å²) in [5.74, 6) is -0.841. The van der Waals surface area contributed by atoms with Crippen LogP contribution < -0.4 is 25.8 Å². The smallest absolute Gasteiger partial charge is 0.258 e. The Labute approximate surface area is 169 Å². The summed E-state index contributed by atoms with van der Waals surface area (Å²) in [7, 11) is 1.42. The van der Waals surface area contributed by atoms with Gasteiger partial charge < -0.3 is 25.8 Å². The van der Waals surface area contributed by atoms with E-state index < -0.39 is 17.9 Å². The molecule has 1 atom stereocenters. The van der Waals surface area contributed by atoms with Crippen LogP contribution in [-0.2, 0) is 9.59 Å². The fourth-order valence-electron chi connectivity index (χ4n) is 2.61. The van der Waals surface area contributed by atoms with Crippen LogP contribution in [0.3, 0.4) is 0 Å². The van der Waals surface area contributed by atoms with E-state index in [1.807, 2.05) is 13.8 Å². The largest absolute Gasteiger partial charge is 0.493 e. The van der Waals surface area contributed by atoms with Crippen LogP contribution in [0.15, 0.2) is 48.5 Å². The lowest BCUT2D eigenvalue weighted by Crippen LogP contribution is -2.37. The number of nitrogens with two attached hydrogens (primary N) is 1. The number of hydrogen-bond donors (Lipinski definition) is 3. The predicted octanol–water partition coefficient (Wildman–Crippen LogP) is 1.55. The van der Waals surface area contributed by atoms with E-state index in [-0.39, 0.29) is 29.9 Å². The number of carbonyl (C=O) groups excluding carboxylic acids is 3. The van der Waals surface area contributed by atoms with Gasteiger partial charge in [-0.15, -0.1) is 0 Å². The van der Waals surface area contributed by atoms with Crippen molar-refractivity contribution in [1.82, 2.24) is 10.6 Å². The summed E-state index contributed by atoms with van der Waals surface area (Å²) in [6.07, 6.45) is 0. The number of amides is 3. The SMILES string of the molecule is COc1cc(C(=O)NC(C(N)=O)c2ccccc2)ccc1OCC(=O)NC(C)C. The van der Waals surface area contributed by atoms with E-state index in [0.717, 1.165) is 0 Å². The van der Waals surface area contributed by atoms with Crippen molar-refractivity contribution in [3.05, 3.63) is 59.7 Å². The van der Waals surface area contributed by atoms with Crippen LogP contribution >= 0.6 is 0 Å². The van der Waals surface area contributed by atoms with Crippen molar-refractivity contribution in [2.24, 2.45) is 5.73 Å². The number of carbonyl (C=O) groups is 3. The number of rotatable bonds is 9. The molecule has 4 N–H and O–H groups in total. The van der Waals surface area contributed by atoms with Crippen molar-refractivity contribution in [2.75, 3.05) is 13.7 Å². The Kier molecular flexibility index (Phi) is 7.59. The third-order valence-electron chi connectivity index (χ3n) is 3.93. The van der Waals surface area contributed by atoms with Crippen LogP contribution in [0.4, 0.5) is 0 Å². The van der Waals surface area contributed by atoms with Crippen LogP contribution in [0, 0.1) is 0 Å². The lowest BCUT2D eigenvalue weighted by atomic mass is 10.1. The highest BCUT2D eigenvalue weighted by atomic mass is 16.5. The number of benzene rings is 2. The number of hydrogen-bond acceptors (Lipinski definition) is 5. The molecule has 0 aromatic heterocycles. The highest BCUT2D eigenvalue weighted by molar-refractivity contribution is 5.98. The van der Waals surface area contributed by atoms with Gasteiger partial charge in [-0.1, -0.05) is 30.3 Å². The van der Waals surface area contributed by atoms with Crippen molar-refractivity contribution >= 4 is 17.7 Å².